The van der Waals surface area contributed by atoms with Crippen molar-refractivity contribution in [2.24, 2.45) is 0 Å². The number of thiophene rings is 1. The summed E-state index contributed by atoms with van der Waals surface area (Å²) in [7, 11) is 0. The second kappa shape index (κ2) is 2.67. The van der Waals surface area contributed by atoms with Gasteiger partial charge in [-0.05, 0) is 29.3 Å². The Kier molecular flexibility index (Phi) is 1.73. The fourth-order valence-electron chi connectivity index (χ4n) is 1.52. The van der Waals surface area contributed by atoms with Crippen LogP contribution in [0.1, 0.15) is 18.9 Å². The molecule has 0 bridgehead atoms. The largest absolute Gasteiger partial charge is 0.296 e. The fourth-order valence-corrected chi connectivity index (χ4v) is 2.31. The van der Waals surface area contributed by atoms with E-state index >= 15 is 0 Å². The molecule has 2 amide bonds. The molecule has 1 atom stereocenters. The molecular formula is C9H9NO2S. The van der Waals surface area contributed by atoms with E-state index < -0.39 is 5.41 Å². The number of carbonyl (C=O) groups excluding carboxylic acids is 2. The summed E-state index contributed by atoms with van der Waals surface area (Å²) in [6.07, 6.45) is 0.266. The molecule has 1 aliphatic rings. The lowest BCUT2D eigenvalue weighted by Gasteiger charge is -2.17. The molecule has 1 unspecified atom stereocenters. The minimum absolute atomic E-state index is 0.182. The highest BCUT2D eigenvalue weighted by Crippen LogP contribution is 2.32. The Bertz CT molecular complexity index is 358. The van der Waals surface area contributed by atoms with Gasteiger partial charge < -0.3 is 0 Å². The summed E-state index contributed by atoms with van der Waals surface area (Å²) in [5, 5.41) is 6.15. The summed E-state index contributed by atoms with van der Waals surface area (Å²) in [6, 6.07) is 1.89. The van der Waals surface area contributed by atoms with Crippen LogP contribution in [0, 0.1) is 0 Å². The second-order valence-electron chi connectivity index (χ2n) is 3.40. The third-order valence-electron chi connectivity index (χ3n) is 2.43. The number of hydrogen-bond acceptors (Lipinski definition) is 3. The summed E-state index contributed by atoms with van der Waals surface area (Å²) in [5.74, 6) is -0.366. The van der Waals surface area contributed by atoms with E-state index in [0.717, 1.165) is 5.56 Å². The van der Waals surface area contributed by atoms with Crippen LogP contribution >= 0.6 is 11.3 Å². The van der Waals surface area contributed by atoms with E-state index in [4.69, 9.17) is 0 Å². The number of nitrogens with one attached hydrogen (secondary N) is 1. The minimum Gasteiger partial charge on any atom is -0.296 e. The van der Waals surface area contributed by atoms with Crippen LogP contribution in [0.3, 0.4) is 0 Å². The molecule has 4 heteroatoms. The number of rotatable bonds is 1. The van der Waals surface area contributed by atoms with Crippen LogP contribution in [-0.4, -0.2) is 11.8 Å². The van der Waals surface area contributed by atoms with Crippen molar-refractivity contribution in [1.82, 2.24) is 5.32 Å². The summed E-state index contributed by atoms with van der Waals surface area (Å²) >= 11 is 1.54. The van der Waals surface area contributed by atoms with Crippen LogP contribution < -0.4 is 5.32 Å². The van der Waals surface area contributed by atoms with Gasteiger partial charge in [0.25, 0.3) is 0 Å². The van der Waals surface area contributed by atoms with Gasteiger partial charge in [-0.25, -0.2) is 0 Å². The maximum Gasteiger partial charge on any atom is 0.237 e. The summed E-state index contributed by atoms with van der Waals surface area (Å²) in [6.45, 7) is 1.80. The van der Waals surface area contributed by atoms with Gasteiger partial charge in [0.2, 0.25) is 11.8 Å². The molecule has 13 heavy (non-hydrogen) atoms. The standard InChI is InChI=1S/C9H9NO2S/c1-9(6-2-3-13-5-6)4-7(11)10-8(9)12/h2-3,5H,4H2,1H3,(H,10,11,12). The zero-order valence-corrected chi connectivity index (χ0v) is 7.98. The highest BCUT2D eigenvalue weighted by atomic mass is 32.1. The summed E-state index contributed by atoms with van der Waals surface area (Å²) in [4.78, 5) is 22.5. The number of amides is 2. The van der Waals surface area contributed by atoms with Crippen molar-refractivity contribution in [3.05, 3.63) is 22.4 Å². The Morgan fingerprint density at radius 3 is 2.77 bits per heavy atom. The van der Waals surface area contributed by atoms with Crippen LogP contribution in [0.4, 0.5) is 0 Å². The van der Waals surface area contributed by atoms with E-state index in [2.05, 4.69) is 5.32 Å². The van der Waals surface area contributed by atoms with E-state index in [0.29, 0.717) is 0 Å². The highest BCUT2D eigenvalue weighted by Gasteiger charge is 2.43. The van der Waals surface area contributed by atoms with Gasteiger partial charge in [-0.2, -0.15) is 11.3 Å². The minimum atomic E-state index is -0.642. The van der Waals surface area contributed by atoms with Crippen molar-refractivity contribution >= 4 is 23.2 Å². The third kappa shape index (κ3) is 1.18. The van der Waals surface area contributed by atoms with Gasteiger partial charge in [-0.3, -0.25) is 14.9 Å². The molecule has 1 N–H and O–H groups in total. The predicted octanol–water partition coefficient (Wildman–Crippen LogP) is 1.05. The van der Waals surface area contributed by atoms with Crippen LogP contribution in [0.25, 0.3) is 0 Å². The van der Waals surface area contributed by atoms with E-state index in [1.165, 1.54) is 11.3 Å². The maximum atomic E-state index is 11.5. The number of hydrogen-bond donors (Lipinski definition) is 1. The lowest BCUT2D eigenvalue weighted by molar-refractivity contribution is -0.126. The first-order valence-corrected chi connectivity index (χ1v) is 4.94. The van der Waals surface area contributed by atoms with E-state index in [9.17, 15) is 9.59 Å². The normalized spacial score (nSPS) is 27.8. The van der Waals surface area contributed by atoms with Crippen molar-refractivity contribution in [2.75, 3.05) is 0 Å². The average molecular weight is 195 g/mol. The third-order valence-corrected chi connectivity index (χ3v) is 3.11. The molecule has 68 valence electrons. The molecule has 2 heterocycles. The molecule has 1 aliphatic heterocycles. The topological polar surface area (TPSA) is 46.2 Å². The predicted molar refractivity (Wildman–Crippen MR) is 49.4 cm³/mol. The lowest BCUT2D eigenvalue weighted by Crippen LogP contribution is -2.32. The number of imide groups is 1. The van der Waals surface area contributed by atoms with E-state index in [1.807, 2.05) is 16.8 Å². The molecule has 2 rings (SSSR count). The van der Waals surface area contributed by atoms with Gasteiger partial charge >= 0.3 is 0 Å². The molecule has 1 fully saturated rings. The van der Waals surface area contributed by atoms with Gasteiger partial charge in [0, 0.05) is 6.42 Å². The average Bonchev–Trinajstić information content (AvgIpc) is 2.61. The van der Waals surface area contributed by atoms with Gasteiger partial charge in [-0.15, -0.1) is 0 Å². The molecule has 0 radical (unpaired) electrons. The first-order chi connectivity index (χ1) is 6.13. The SMILES string of the molecule is CC1(c2ccsc2)CC(=O)NC1=O. The zero-order valence-electron chi connectivity index (χ0n) is 7.16. The molecule has 0 spiro atoms. The second-order valence-corrected chi connectivity index (χ2v) is 4.18. The molecule has 0 saturated carbocycles. The quantitative estimate of drug-likeness (QED) is 0.681. The van der Waals surface area contributed by atoms with Gasteiger partial charge in [0.15, 0.2) is 0 Å². The van der Waals surface area contributed by atoms with E-state index in [1.54, 1.807) is 6.92 Å². The molecule has 0 aliphatic carbocycles. The first kappa shape index (κ1) is 8.44. The molecule has 0 aromatic carbocycles. The smallest absolute Gasteiger partial charge is 0.237 e. The maximum absolute atomic E-state index is 11.5. The van der Waals surface area contributed by atoms with Crippen LogP contribution in [0.5, 0.6) is 0 Å². The van der Waals surface area contributed by atoms with Crippen molar-refractivity contribution in [1.29, 1.82) is 0 Å². The molecule has 1 aromatic rings. The lowest BCUT2D eigenvalue weighted by atomic mass is 9.83. The Labute approximate surface area is 79.8 Å². The number of carbonyl (C=O) groups is 2. The van der Waals surface area contributed by atoms with Crippen molar-refractivity contribution in [3.63, 3.8) is 0 Å². The Hall–Kier alpha value is -1.16. The van der Waals surface area contributed by atoms with Gasteiger partial charge in [0.05, 0.1) is 5.41 Å². The summed E-state index contributed by atoms with van der Waals surface area (Å²) < 4.78 is 0. The van der Waals surface area contributed by atoms with Gasteiger partial charge in [0.1, 0.15) is 0 Å². The fraction of sp³-hybridized carbons (Fsp3) is 0.333. The van der Waals surface area contributed by atoms with Crippen molar-refractivity contribution < 1.29 is 9.59 Å². The molecule has 1 aromatic heterocycles. The Balaban J connectivity index is 2.42. The molecule has 3 nitrogen and oxygen atoms in total. The van der Waals surface area contributed by atoms with Gasteiger partial charge in [-0.1, -0.05) is 0 Å². The zero-order chi connectivity index (χ0) is 9.47. The highest BCUT2D eigenvalue weighted by molar-refractivity contribution is 7.08. The Morgan fingerprint density at radius 2 is 2.31 bits per heavy atom. The first-order valence-electron chi connectivity index (χ1n) is 4.00. The van der Waals surface area contributed by atoms with E-state index in [-0.39, 0.29) is 18.2 Å². The van der Waals surface area contributed by atoms with Crippen LogP contribution in [0.2, 0.25) is 0 Å². The Morgan fingerprint density at radius 1 is 1.54 bits per heavy atom. The summed E-state index contributed by atoms with van der Waals surface area (Å²) in [5.41, 5.74) is 0.290. The molecule has 1 saturated heterocycles. The van der Waals surface area contributed by atoms with Crippen molar-refractivity contribution in [2.45, 2.75) is 18.8 Å². The monoisotopic (exact) mass is 195 g/mol. The van der Waals surface area contributed by atoms with Crippen molar-refractivity contribution in [3.8, 4) is 0 Å². The van der Waals surface area contributed by atoms with Crippen LogP contribution in [-0.2, 0) is 15.0 Å². The van der Waals surface area contributed by atoms with Crippen LogP contribution in [0.15, 0.2) is 16.8 Å². The molecular weight excluding hydrogens is 186 g/mol.